The minimum Gasteiger partial charge on any atom is -0.472 e. The fourth-order valence-corrected chi connectivity index (χ4v) is 9.32. The van der Waals surface area contributed by atoms with Gasteiger partial charge < -0.3 is 28.5 Å². The molecule has 5 fully saturated rings. The lowest BCUT2D eigenvalue weighted by atomic mass is 9.37. The first kappa shape index (κ1) is 24.1. The molecule has 3 saturated heterocycles. The molecular weight excluding hydrogens is 468 g/mol. The molecule has 1 N–H and O–H groups in total. The van der Waals surface area contributed by atoms with Gasteiger partial charge in [0, 0.05) is 34.7 Å². The first-order chi connectivity index (χ1) is 16.8. The molecular formula is C27H34O9. The van der Waals surface area contributed by atoms with Gasteiger partial charge in [-0.2, -0.15) is 0 Å². The number of methoxy groups -OCH3 is 1. The minimum atomic E-state index is -1.21. The number of carbonyl (C=O) groups excluding carboxylic acids is 3. The van der Waals surface area contributed by atoms with Crippen LogP contribution in [0.5, 0.6) is 0 Å². The van der Waals surface area contributed by atoms with E-state index in [-0.39, 0.29) is 31.0 Å². The van der Waals surface area contributed by atoms with E-state index in [9.17, 15) is 19.5 Å². The standard InChI is InChI=1S/C27H34O9/c1-23(2)15-9-16(29)26(5)19(25(15,4)17(35-23)10-18(30)32-6)14(28)11-24(3)20(13-7-8-33-12-13)34-22(31)21-27(24,26)36-21/h7-8,12,14-15,17,19-21,28H,9-11H2,1-6H3/t14-,15-,17+,19+,20-,21+,24-,25+,26+,27+/m0/s1. The first-order valence-corrected chi connectivity index (χ1v) is 12.7. The Morgan fingerprint density at radius 3 is 2.50 bits per heavy atom. The molecule has 10 atom stereocenters. The number of cyclic esters (lactones) is 1. The second-order valence-corrected chi connectivity index (χ2v) is 12.5. The van der Waals surface area contributed by atoms with Crippen molar-refractivity contribution in [3.63, 3.8) is 0 Å². The Kier molecular flexibility index (Phi) is 4.69. The number of aliphatic hydroxyl groups excluding tert-OH is 1. The van der Waals surface area contributed by atoms with E-state index in [1.807, 2.05) is 34.6 Å². The molecule has 0 radical (unpaired) electrons. The third-order valence-corrected chi connectivity index (χ3v) is 10.7. The predicted molar refractivity (Wildman–Crippen MR) is 122 cm³/mol. The zero-order valence-corrected chi connectivity index (χ0v) is 21.5. The molecule has 2 saturated carbocycles. The van der Waals surface area contributed by atoms with Crippen LogP contribution < -0.4 is 0 Å². The van der Waals surface area contributed by atoms with Crippen molar-refractivity contribution in [1.82, 2.24) is 0 Å². The summed E-state index contributed by atoms with van der Waals surface area (Å²) >= 11 is 0. The van der Waals surface area contributed by atoms with Crippen LogP contribution >= 0.6 is 0 Å². The number of fused-ring (bicyclic) bond motifs is 3. The highest BCUT2D eigenvalue weighted by molar-refractivity contribution is 5.93. The van der Waals surface area contributed by atoms with Crippen molar-refractivity contribution in [3.8, 4) is 0 Å². The number of esters is 2. The number of hydrogen-bond acceptors (Lipinski definition) is 9. The van der Waals surface area contributed by atoms with Gasteiger partial charge in [0.2, 0.25) is 0 Å². The average Bonchev–Trinajstić information content (AvgIpc) is 3.32. The van der Waals surface area contributed by atoms with E-state index in [4.69, 9.17) is 23.4 Å². The molecule has 196 valence electrons. The van der Waals surface area contributed by atoms with E-state index in [2.05, 4.69) is 0 Å². The lowest BCUT2D eigenvalue weighted by molar-refractivity contribution is -0.237. The largest absolute Gasteiger partial charge is 0.472 e. The number of aliphatic hydroxyl groups is 1. The van der Waals surface area contributed by atoms with Crippen LogP contribution in [0.25, 0.3) is 0 Å². The van der Waals surface area contributed by atoms with Crippen molar-refractivity contribution in [2.75, 3.05) is 7.11 Å². The van der Waals surface area contributed by atoms with Gasteiger partial charge in [0.15, 0.2) is 6.10 Å². The molecule has 0 aromatic carbocycles. The second-order valence-electron chi connectivity index (χ2n) is 12.5. The van der Waals surface area contributed by atoms with Crippen molar-refractivity contribution in [1.29, 1.82) is 0 Å². The average molecular weight is 503 g/mol. The third kappa shape index (κ3) is 2.50. The van der Waals surface area contributed by atoms with Crippen LogP contribution in [0, 0.1) is 28.1 Å². The van der Waals surface area contributed by atoms with Gasteiger partial charge in [-0.25, -0.2) is 4.79 Å². The zero-order chi connectivity index (χ0) is 26.1. The number of furan rings is 1. The summed E-state index contributed by atoms with van der Waals surface area (Å²) in [7, 11) is 1.34. The van der Waals surface area contributed by atoms with E-state index >= 15 is 0 Å². The highest BCUT2D eigenvalue weighted by Gasteiger charge is 2.90. The summed E-state index contributed by atoms with van der Waals surface area (Å²) in [4.78, 5) is 39.9. The van der Waals surface area contributed by atoms with Gasteiger partial charge >= 0.3 is 11.9 Å². The Bertz CT molecular complexity index is 1140. The Labute approximate surface area is 209 Å². The molecule has 9 nitrogen and oxygen atoms in total. The van der Waals surface area contributed by atoms with Crippen LogP contribution in [0.1, 0.15) is 65.5 Å². The fourth-order valence-electron chi connectivity index (χ4n) is 9.32. The highest BCUT2D eigenvalue weighted by Crippen LogP contribution is 2.79. The quantitative estimate of drug-likeness (QED) is 0.491. The number of Topliss-reactive ketones (excluding diaryl/α,β-unsaturated/α-hetero) is 1. The summed E-state index contributed by atoms with van der Waals surface area (Å²) in [5.41, 5.74) is -4.04. The van der Waals surface area contributed by atoms with Gasteiger partial charge in [0.05, 0.1) is 49.3 Å². The number of rotatable bonds is 3. The van der Waals surface area contributed by atoms with Crippen molar-refractivity contribution in [2.24, 2.45) is 28.1 Å². The maximum absolute atomic E-state index is 14.3. The molecule has 5 aliphatic rings. The molecule has 0 amide bonds. The Balaban J connectivity index is 1.53. The lowest BCUT2D eigenvalue weighted by Gasteiger charge is -2.65. The minimum absolute atomic E-state index is 0.00859. The monoisotopic (exact) mass is 502 g/mol. The molecule has 1 aromatic heterocycles. The van der Waals surface area contributed by atoms with Gasteiger partial charge in [-0.15, -0.1) is 0 Å². The molecule has 2 aliphatic carbocycles. The van der Waals surface area contributed by atoms with E-state index in [1.165, 1.54) is 19.6 Å². The highest BCUT2D eigenvalue weighted by atomic mass is 16.7. The predicted octanol–water partition coefficient (Wildman–Crippen LogP) is 2.74. The number of hydrogen-bond donors (Lipinski definition) is 1. The number of epoxide rings is 1. The maximum atomic E-state index is 14.3. The van der Waals surface area contributed by atoms with E-state index in [1.54, 1.807) is 6.07 Å². The summed E-state index contributed by atoms with van der Waals surface area (Å²) in [5.74, 6) is -1.83. The smallest absolute Gasteiger partial charge is 0.339 e. The molecule has 4 heterocycles. The molecule has 0 bridgehead atoms. The third-order valence-electron chi connectivity index (χ3n) is 10.7. The molecule has 1 aromatic rings. The van der Waals surface area contributed by atoms with Crippen molar-refractivity contribution < 1.29 is 42.9 Å². The summed E-state index contributed by atoms with van der Waals surface area (Å²) in [6.07, 6.45) is 0.337. The topological polar surface area (TPSA) is 125 Å². The van der Waals surface area contributed by atoms with E-state index < -0.39 is 69.7 Å². The van der Waals surface area contributed by atoms with Gasteiger partial charge in [0.1, 0.15) is 17.5 Å². The van der Waals surface area contributed by atoms with Gasteiger partial charge in [-0.05, 0) is 33.3 Å². The normalized spacial score (nSPS) is 50.3. The van der Waals surface area contributed by atoms with Crippen LogP contribution in [0.3, 0.4) is 0 Å². The number of carbonyl (C=O) groups is 3. The Hall–Kier alpha value is -2.23. The number of ketones is 1. The van der Waals surface area contributed by atoms with Crippen LogP contribution in [0.15, 0.2) is 23.0 Å². The maximum Gasteiger partial charge on any atom is 0.339 e. The summed E-state index contributed by atoms with van der Waals surface area (Å²) in [6, 6.07) is 1.74. The first-order valence-electron chi connectivity index (χ1n) is 12.7. The zero-order valence-electron chi connectivity index (χ0n) is 21.5. The molecule has 1 spiro atoms. The summed E-state index contributed by atoms with van der Waals surface area (Å²) in [6.45, 7) is 9.66. The molecule has 0 unspecified atom stereocenters. The summed E-state index contributed by atoms with van der Waals surface area (Å²) in [5, 5.41) is 12.0. The molecule has 9 heteroatoms. The van der Waals surface area contributed by atoms with Gasteiger partial charge in [-0.1, -0.05) is 13.8 Å². The van der Waals surface area contributed by atoms with Crippen molar-refractivity contribution >= 4 is 17.7 Å². The van der Waals surface area contributed by atoms with Crippen LogP contribution in [0.2, 0.25) is 0 Å². The number of ether oxygens (including phenoxy) is 4. The van der Waals surface area contributed by atoms with Crippen molar-refractivity contribution in [3.05, 3.63) is 24.2 Å². The Morgan fingerprint density at radius 1 is 1.14 bits per heavy atom. The fraction of sp³-hybridized carbons (Fsp3) is 0.741. The van der Waals surface area contributed by atoms with Crippen LogP contribution in [0.4, 0.5) is 0 Å². The Morgan fingerprint density at radius 2 is 1.86 bits per heavy atom. The van der Waals surface area contributed by atoms with E-state index in [0.717, 1.165) is 0 Å². The van der Waals surface area contributed by atoms with E-state index in [0.29, 0.717) is 5.56 Å². The van der Waals surface area contributed by atoms with Crippen LogP contribution in [-0.4, -0.2) is 59.5 Å². The van der Waals surface area contributed by atoms with Crippen LogP contribution in [-0.2, 0) is 33.3 Å². The van der Waals surface area contributed by atoms with Gasteiger partial charge in [-0.3, -0.25) is 9.59 Å². The second kappa shape index (κ2) is 6.99. The molecule has 3 aliphatic heterocycles. The molecule has 6 rings (SSSR count). The van der Waals surface area contributed by atoms with Gasteiger partial charge in [0.25, 0.3) is 0 Å². The lowest BCUT2D eigenvalue weighted by Crippen LogP contribution is -2.74. The van der Waals surface area contributed by atoms with Crippen molar-refractivity contribution in [2.45, 2.75) is 89.5 Å². The molecule has 36 heavy (non-hydrogen) atoms. The SMILES string of the molecule is COC(=O)C[C@H]1OC(C)(C)[C@@H]2CC(=O)[C@]3(C)[C@H]([C@@H](O)C[C@@]4(C)[C@H](c5ccoc5)OC(=O)[C@H]5O[C@]543)[C@@]12C. The summed E-state index contributed by atoms with van der Waals surface area (Å²) < 4.78 is 28.9.